The number of carbonyl (C=O) groups excluding carboxylic acids is 2. The average Bonchev–Trinajstić information content (AvgIpc) is 2.86. The molecule has 0 aliphatic heterocycles. The third-order valence-electron chi connectivity index (χ3n) is 3.30. The Kier molecular flexibility index (Phi) is 5.25. The zero-order valence-corrected chi connectivity index (χ0v) is 13.8. The van der Waals surface area contributed by atoms with Gasteiger partial charge in [-0.25, -0.2) is 0 Å². The lowest BCUT2D eigenvalue weighted by atomic mass is 10.2. The maximum Gasteiger partial charge on any atom is 0.468 e. The Hall–Kier alpha value is -3.83. The Balaban J connectivity index is 2.13. The van der Waals surface area contributed by atoms with Crippen molar-refractivity contribution < 1.29 is 19.4 Å². The van der Waals surface area contributed by atoms with Crippen molar-refractivity contribution in [3.63, 3.8) is 0 Å². The van der Waals surface area contributed by atoms with Crippen LogP contribution in [0.2, 0.25) is 0 Å². The lowest BCUT2D eigenvalue weighted by Crippen LogP contribution is -2.20. The molecule has 12 nitrogen and oxygen atoms in total. The van der Waals surface area contributed by atoms with E-state index in [9.17, 15) is 29.8 Å². The van der Waals surface area contributed by atoms with E-state index in [1.807, 2.05) is 0 Å². The zero-order chi connectivity index (χ0) is 19.4. The molecule has 0 aliphatic rings. The van der Waals surface area contributed by atoms with Gasteiger partial charge in [0.15, 0.2) is 0 Å². The molecule has 0 radical (unpaired) electrons. The van der Waals surface area contributed by atoms with Gasteiger partial charge in [-0.05, 0) is 36.1 Å². The van der Waals surface area contributed by atoms with E-state index in [0.29, 0.717) is 11.4 Å². The highest BCUT2D eigenvalue weighted by Gasteiger charge is 2.35. The molecule has 1 aromatic carbocycles. The van der Waals surface area contributed by atoms with Crippen molar-refractivity contribution in [1.82, 2.24) is 9.78 Å². The maximum absolute atomic E-state index is 12.1. The molecule has 1 heterocycles. The number of aromatic nitrogens is 2. The Morgan fingerprint density at radius 3 is 2.04 bits per heavy atom. The van der Waals surface area contributed by atoms with Crippen molar-refractivity contribution >= 4 is 34.7 Å². The number of anilines is 2. The van der Waals surface area contributed by atoms with Gasteiger partial charge in [0.25, 0.3) is 0 Å². The lowest BCUT2D eigenvalue weighted by molar-refractivity contribution is -0.424. The summed E-state index contributed by atoms with van der Waals surface area (Å²) >= 11 is 0. The predicted molar refractivity (Wildman–Crippen MR) is 89.6 cm³/mol. The van der Waals surface area contributed by atoms with Crippen molar-refractivity contribution in [2.45, 2.75) is 20.4 Å². The van der Waals surface area contributed by atoms with E-state index in [1.54, 1.807) is 24.3 Å². The van der Waals surface area contributed by atoms with E-state index in [-0.39, 0.29) is 11.6 Å². The second-order valence-electron chi connectivity index (χ2n) is 5.24. The molecule has 0 saturated heterocycles. The molecule has 0 bridgehead atoms. The molecule has 0 atom stereocenters. The number of nitrogens with one attached hydrogen (secondary N) is 2. The van der Waals surface area contributed by atoms with E-state index in [1.165, 1.54) is 13.8 Å². The number of nitro groups is 2. The summed E-state index contributed by atoms with van der Waals surface area (Å²) in [6, 6.07) is 6.24. The normalized spacial score (nSPS) is 10.2. The minimum absolute atomic E-state index is 0.0992. The van der Waals surface area contributed by atoms with Crippen LogP contribution in [0.4, 0.5) is 22.9 Å². The van der Waals surface area contributed by atoms with Gasteiger partial charge in [0.05, 0.1) is 10.0 Å². The SMILES string of the molecule is CC(=O)Nc1ccc(NC(=O)Cn2nc([N+](=O)[O-])c([N+](=O)[O-])c2C)cc1. The maximum atomic E-state index is 12.1. The van der Waals surface area contributed by atoms with Crippen molar-refractivity contribution in [3.8, 4) is 0 Å². The second kappa shape index (κ2) is 7.38. The highest BCUT2D eigenvalue weighted by molar-refractivity contribution is 5.92. The van der Waals surface area contributed by atoms with Crippen LogP contribution in [-0.2, 0) is 16.1 Å². The van der Waals surface area contributed by atoms with Gasteiger partial charge in [0.2, 0.25) is 11.8 Å². The Bertz CT molecular complexity index is 888. The zero-order valence-electron chi connectivity index (χ0n) is 13.8. The summed E-state index contributed by atoms with van der Waals surface area (Å²) in [5, 5.41) is 30.5. The van der Waals surface area contributed by atoms with Crippen LogP contribution >= 0.6 is 0 Å². The summed E-state index contributed by atoms with van der Waals surface area (Å²) in [6.45, 7) is 2.20. The largest absolute Gasteiger partial charge is 0.468 e. The number of rotatable bonds is 6. The molecule has 26 heavy (non-hydrogen) atoms. The minimum Gasteiger partial charge on any atom is -0.358 e. The number of carbonyl (C=O) groups is 2. The first kappa shape index (κ1) is 18.5. The number of nitrogens with zero attached hydrogens (tertiary/aromatic N) is 4. The first-order chi connectivity index (χ1) is 12.2. The minimum atomic E-state index is -0.972. The van der Waals surface area contributed by atoms with Crippen LogP contribution in [0.15, 0.2) is 24.3 Å². The standard InChI is InChI=1S/C14H14N6O6/c1-8-13(19(23)24)14(20(25)26)17-18(8)7-12(22)16-11-5-3-10(4-6-11)15-9(2)21/h3-6H,7H2,1-2H3,(H,15,21)(H,16,22). The third-order valence-corrected chi connectivity index (χ3v) is 3.30. The number of hydrogen-bond acceptors (Lipinski definition) is 7. The molecule has 2 rings (SSSR count). The molecule has 0 fully saturated rings. The fraction of sp³-hybridized carbons (Fsp3) is 0.214. The van der Waals surface area contributed by atoms with E-state index in [0.717, 1.165) is 4.68 Å². The van der Waals surface area contributed by atoms with E-state index >= 15 is 0 Å². The van der Waals surface area contributed by atoms with Gasteiger partial charge < -0.3 is 20.7 Å². The van der Waals surface area contributed by atoms with Gasteiger partial charge in [-0.2, -0.15) is 4.68 Å². The van der Waals surface area contributed by atoms with Gasteiger partial charge in [-0.15, -0.1) is 0 Å². The van der Waals surface area contributed by atoms with Crippen molar-refractivity contribution in [3.05, 3.63) is 50.2 Å². The fourth-order valence-corrected chi connectivity index (χ4v) is 2.19. The third kappa shape index (κ3) is 4.17. The summed E-state index contributed by atoms with van der Waals surface area (Å²) in [7, 11) is 0. The highest BCUT2D eigenvalue weighted by atomic mass is 16.6. The van der Waals surface area contributed by atoms with Crippen LogP contribution in [0.5, 0.6) is 0 Å². The summed E-state index contributed by atoms with van der Waals surface area (Å²) in [6.07, 6.45) is 0. The average molecular weight is 362 g/mol. The molecule has 0 spiro atoms. The summed E-state index contributed by atoms with van der Waals surface area (Å²) in [4.78, 5) is 43.0. The molecular weight excluding hydrogens is 348 g/mol. The van der Waals surface area contributed by atoms with Crippen molar-refractivity contribution in [2.75, 3.05) is 10.6 Å². The molecule has 0 aliphatic carbocycles. The van der Waals surface area contributed by atoms with E-state index in [2.05, 4.69) is 15.7 Å². The number of hydrogen-bond donors (Lipinski definition) is 2. The van der Waals surface area contributed by atoms with Crippen LogP contribution in [0, 0.1) is 27.2 Å². The molecule has 12 heteroatoms. The molecule has 2 amide bonds. The van der Waals surface area contributed by atoms with Gasteiger partial charge in [-0.3, -0.25) is 19.7 Å². The van der Waals surface area contributed by atoms with E-state index < -0.39 is 33.8 Å². The van der Waals surface area contributed by atoms with Gasteiger partial charge in [0, 0.05) is 18.3 Å². The first-order valence-corrected chi connectivity index (χ1v) is 7.22. The molecule has 0 saturated carbocycles. The Morgan fingerprint density at radius 1 is 1.08 bits per heavy atom. The first-order valence-electron chi connectivity index (χ1n) is 7.22. The van der Waals surface area contributed by atoms with Gasteiger partial charge in [0.1, 0.15) is 12.2 Å². The smallest absolute Gasteiger partial charge is 0.358 e. The second-order valence-corrected chi connectivity index (χ2v) is 5.24. The summed E-state index contributed by atoms with van der Waals surface area (Å²) < 4.78 is 0.900. The van der Waals surface area contributed by atoms with Crippen LogP contribution in [0.1, 0.15) is 12.6 Å². The monoisotopic (exact) mass is 362 g/mol. The topological polar surface area (TPSA) is 162 Å². The van der Waals surface area contributed by atoms with E-state index in [4.69, 9.17) is 0 Å². The molecule has 136 valence electrons. The quantitative estimate of drug-likeness (QED) is 0.582. The van der Waals surface area contributed by atoms with Crippen molar-refractivity contribution in [2.24, 2.45) is 0 Å². The molecule has 2 aromatic rings. The van der Waals surface area contributed by atoms with Crippen molar-refractivity contribution in [1.29, 1.82) is 0 Å². The molecular formula is C14H14N6O6. The Labute approximate surface area is 146 Å². The lowest BCUT2D eigenvalue weighted by Gasteiger charge is -2.06. The van der Waals surface area contributed by atoms with Crippen LogP contribution in [-0.4, -0.2) is 31.4 Å². The Morgan fingerprint density at radius 2 is 1.62 bits per heavy atom. The highest BCUT2D eigenvalue weighted by Crippen LogP contribution is 2.29. The van der Waals surface area contributed by atoms with Gasteiger partial charge in [-0.1, -0.05) is 0 Å². The molecule has 0 unspecified atom stereocenters. The fourth-order valence-electron chi connectivity index (χ4n) is 2.19. The summed E-state index contributed by atoms with van der Waals surface area (Å²) in [5.74, 6) is -1.73. The van der Waals surface area contributed by atoms with Crippen LogP contribution in [0.25, 0.3) is 0 Å². The molecule has 2 N–H and O–H groups in total. The van der Waals surface area contributed by atoms with Crippen LogP contribution < -0.4 is 10.6 Å². The molecule has 1 aromatic heterocycles. The van der Waals surface area contributed by atoms with Gasteiger partial charge >= 0.3 is 11.5 Å². The number of benzene rings is 1. The predicted octanol–water partition coefficient (Wildman–Crippen LogP) is 1.61. The van der Waals surface area contributed by atoms with Crippen LogP contribution in [0.3, 0.4) is 0 Å². The summed E-state index contributed by atoms with van der Waals surface area (Å²) in [5.41, 5.74) is 0.114. The number of amides is 2.